The summed E-state index contributed by atoms with van der Waals surface area (Å²) in [5.41, 5.74) is 0.840. The lowest BCUT2D eigenvalue weighted by Crippen LogP contribution is -2.40. The molecule has 0 atom stereocenters. The smallest absolute Gasteiger partial charge is 0.407 e. The standard InChI is InChI=1S/C15H21N3O5S/c1-24(22,23)17-13-4-2-12(3-5-13)14(19)16-10-11-6-8-18(9-7-11)15(20)21/h2-5,11,17H,6-10H2,1H3,(H,16,19)(H,20,21). The number of amides is 2. The molecule has 132 valence electrons. The molecular weight excluding hydrogens is 334 g/mol. The van der Waals surface area contributed by atoms with E-state index in [1.807, 2.05) is 0 Å². The Labute approximate surface area is 140 Å². The molecule has 1 heterocycles. The van der Waals surface area contributed by atoms with Crippen molar-refractivity contribution in [3.63, 3.8) is 0 Å². The van der Waals surface area contributed by atoms with Gasteiger partial charge in [0.1, 0.15) is 0 Å². The number of nitrogens with zero attached hydrogens (tertiary/aromatic N) is 1. The number of hydrogen-bond donors (Lipinski definition) is 3. The van der Waals surface area contributed by atoms with Crippen molar-refractivity contribution in [2.24, 2.45) is 5.92 Å². The Morgan fingerprint density at radius 1 is 1.21 bits per heavy atom. The minimum absolute atomic E-state index is 0.235. The first-order chi connectivity index (χ1) is 11.2. The van der Waals surface area contributed by atoms with E-state index in [0.717, 1.165) is 19.1 Å². The first-order valence-electron chi connectivity index (χ1n) is 7.58. The summed E-state index contributed by atoms with van der Waals surface area (Å²) >= 11 is 0. The Morgan fingerprint density at radius 2 is 1.79 bits per heavy atom. The van der Waals surface area contributed by atoms with Gasteiger partial charge >= 0.3 is 6.09 Å². The number of piperidine rings is 1. The number of anilines is 1. The number of carbonyl (C=O) groups excluding carboxylic acids is 1. The quantitative estimate of drug-likeness (QED) is 0.733. The zero-order valence-corrected chi connectivity index (χ0v) is 14.2. The van der Waals surface area contributed by atoms with Gasteiger partial charge in [0, 0.05) is 30.9 Å². The molecule has 2 amide bonds. The lowest BCUT2D eigenvalue weighted by molar-refractivity contribution is 0.0928. The van der Waals surface area contributed by atoms with Crippen LogP contribution in [-0.4, -0.2) is 56.3 Å². The summed E-state index contributed by atoms with van der Waals surface area (Å²) in [6.45, 7) is 1.47. The molecule has 0 radical (unpaired) electrons. The van der Waals surface area contributed by atoms with E-state index in [9.17, 15) is 18.0 Å². The van der Waals surface area contributed by atoms with Crippen molar-refractivity contribution in [1.82, 2.24) is 10.2 Å². The number of hydrogen-bond acceptors (Lipinski definition) is 4. The van der Waals surface area contributed by atoms with Crippen molar-refractivity contribution in [2.45, 2.75) is 12.8 Å². The summed E-state index contributed by atoms with van der Waals surface area (Å²) in [5, 5.41) is 11.7. The highest BCUT2D eigenvalue weighted by atomic mass is 32.2. The van der Waals surface area contributed by atoms with Gasteiger partial charge in [-0.3, -0.25) is 9.52 Å². The maximum Gasteiger partial charge on any atom is 0.407 e. The molecule has 1 aliphatic rings. The molecule has 8 nitrogen and oxygen atoms in total. The van der Waals surface area contributed by atoms with E-state index in [2.05, 4.69) is 10.0 Å². The number of sulfonamides is 1. The average Bonchev–Trinajstić information content (AvgIpc) is 2.52. The van der Waals surface area contributed by atoms with Gasteiger partial charge in [-0.1, -0.05) is 0 Å². The number of likely N-dealkylation sites (tertiary alicyclic amines) is 1. The number of rotatable bonds is 5. The fraction of sp³-hybridized carbons (Fsp3) is 0.467. The summed E-state index contributed by atoms with van der Waals surface area (Å²) in [6.07, 6.45) is 1.61. The zero-order chi connectivity index (χ0) is 17.7. The molecule has 1 aromatic carbocycles. The van der Waals surface area contributed by atoms with Crippen molar-refractivity contribution < 1.29 is 23.1 Å². The largest absolute Gasteiger partial charge is 0.465 e. The molecule has 0 unspecified atom stereocenters. The first kappa shape index (κ1) is 18.1. The summed E-state index contributed by atoms with van der Waals surface area (Å²) in [7, 11) is -3.34. The lowest BCUT2D eigenvalue weighted by atomic mass is 9.97. The fourth-order valence-electron chi connectivity index (χ4n) is 2.57. The Kier molecular flexibility index (Phi) is 5.66. The molecular formula is C15H21N3O5S. The molecule has 1 aromatic rings. The van der Waals surface area contributed by atoms with Crippen molar-refractivity contribution in [3.8, 4) is 0 Å². The Morgan fingerprint density at radius 3 is 2.29 bits per heavy atom. The molecule has 24 heavy (non-hydrogen) atoms. The summed E-state index contributed by atoms with van der Waals surface area (Å²) in [5.74, 6) is 0.0253. The molecule has 0 aromatic heterocycles. The Balaban J connectivity index is 1.82. The second kappa shape index (κ2) is 7.52. The molecule has 0 aliphatic carbocycles. The van der Waals surface area contributed by atoms with Crippen LogP contribution in [0.3, 0.4) is 0 Å². The highest BCUT2D eigenvalue weighted by Gasteiger charge is 2.22. The number of benzene rings is 1. The second-order valence-electron chi connectivity index (χ2n) is 5.87. The molecule has 0 bridgehead atoms. The highest BCUT2D eigenvalue weighted by molar-refractivity contribution is 7.92. The van der Waals surface area contributed by atoms with Crippen molar-refractivity contribution in [3.05, 3.63) is 29.8 Å². The van der Waals surface area contributed by atoms with Gasteiger partial charge in [-0.2, -0.15) is 0 Å². The third kappa shape index (κ3) is 5.41. The molecule has 3 N–H and O–H groups in total. The van der Waals surface area contributed by atoms with Crippen molar-refractivity contribution in [1.29, 1.82) is 0 Å². The maximum absolute atomic E-state index is 12.1. The van der Waals surface area contributed by atoms with Gasteiger partial charge in [-0.15, -0.1) is 0 Å². The van der Waals surface area contributed by atoms with Crippen LogP contribution in [0.15, 0.2) is 24.3 Å². The van der Waals surface area contributed by atoms with Crippen LogP contribution in [0.1, 0.15) is 23.2 Å². The van der Waals surface area contributed by atoms with E-state index in [1.54, 1.807) is 12.1 Å². The van der Waals surface area contributed by atoms with Crippen molar-refractivity contribution in [2.75, 3.05) is 30.6 Å². The van der Waals surface area contributed by atoms with Gasteiger partial charge in [0.25, 0.3) is 5.91 Å². The van der Waals surface area contributed by atoms with Gasteiger partial charge < -0.3 is 15.3 Å². The van der Waals surface area contributed by atoms with Crippen LogP contribution >= 0.6 is 0 Å². The zero-order valence-electron chi connectivity index (χ0n) is 13.4. The van der Waals surface area contributed by atoms with Crippen LogP contribution in [0.2, 0.25) is 0 Å². The van der Waals surface area contributed by atoms with Crippen LogP contribution in [0, 0.1) is 5.92 Å². The topological polar surface area (TPSA) is 116 Å². The van der Waals surface area contributed by atoms with E-state index in [4.69, 9.17) is 5.11 Å². The third-order valence-electron chi connectivity index (χ3n) is 3.89. The maximum atomic E-state index is 12.1. The van der Waals surface area contributed by atoms with Crippen LogP contribution in [0.5, 0.6) is 0 Å². The average molecular weight is 355 g/mol. The number of carboxylic acid groups (broad SMARTS) is 1. The number of nitrogens with one attached hydrogen (secondary N) is 2. The molecule has 9 heteroatoms. The van der Waals surface area contributed by atoms with Crippen LogP contribution in [0.25, 0.3) is 0 Å². The molecule has 1 fully saturated rings. The van der Waals surface area contributed by atoms with Crippen LogP contribution in [0.4, 0.5) is 10.5 Å². The molecule has 0 spiro atoms. The minimum atomic E-state index is -3.34. The summed E-state index contributed by atoms with van der Waals surface area (Å²) in [6, 6.07) is 6.16. The predicted octanol–water partition coefficient (Wildman–Crippen LogP) is 1.18. The van der Waals surface area contributed by atoms with Gasteiger partial charge in [-0.25, -0.2) is 13.2 Å². The Bertz CT molecular complexity index is 694. The van der Waals surface area contributed by atoms with Crippen LogP contribution in [-0.2, 0) is 10.0 Å². The van der Waals surface area contributed by atoms with Gasteiger partial charge in [0.2, 0.25) is 10.0 Å². The van der Waals surface area contributed by atoms with E-state index < -0.39 is 16.1 Å². The van der Waals surface area contributed by atoms with E-state index in [-0.39, 0.29) is 11.8 Å². The molecule has 2 rings (SSSR count). The molecule has 1 saturated heterocycles. The monoisotopic (exact) mass is 355 g/mol. The van der Waals surface area contributed by atoms with Crippen LogP contribution < -0.4 is 10.0 Å². The van der Waals surface area contributed by atoms with Gasteiger partial charge in [-0.05, 0) is 43.0 Å². The highest BCUT2D eigenvalue weighted by Crippen LogP contribution is 2.17. The van der Waals surface area contributed by atoms with Gasteiger partial charge in [0.15, 0.2) is 0 Å². The number of carbonyl (C=O) groups is 2. The predicted molar refractivity (Wildman–Crippen MR) is 89.6 cm³/mol. The summed E-state index contributed by atoms with van der Waals surface area (Å²) in [4.78, 5) is 24.3. The lowest BCUT2D eigenvalue weighted by Gasteiger charge is -2.29. The fourth-order valence-corrected chi connectivity index (χ4v) is 3.14. The van der Waals surface area contributed by atoms with E-state index in [0.29, 0.717) is 30.9 Å². The summed E-state index contributed by atoms with van der Waals surface area (Å²) < 4.78 is 24.6. The Hall–Kier alpha value is -2.29. The van der Waals surface area contributed by atoms with E-state index in [1.165, 1.54) is 17.0 Å². The normalized spacial score (nSPS) is 15.8. The van der Waals surface area contributed by atoms with Gasteiger partial charge in [0.05, 0.1) is 6.26 Å². The third-order valence-corrected chi connectivity index (χ3v) is 4.49. The van der Waals surface area contributed by atoms with Crippen molar-refractivity contribution >= 4 is 27.7 Å². The SMILES string of the molecule is CS(=O)(=O)Nc1ccc(C(=O)NCC2CCN(C(=O)O)CC2)cc1. The van der Waals surface area contributed by atoms with E-state index >= 15 is 0 Å². The molecule has 0 saturated carbocycles. The second-order valence-corrected chi connectivity index (χ2v) is 7.62. The first-order valence-corrected chi connectivity index (χ1v) is 9.47. The molecule has 1 aliphatic heterocycles. The minimum Gasteiger partial charge on any atom is -0.465 e.